The van der Waals surface area contributed by atoms with Gasteiger partial charge in [0, 0.05) is 6.54 Å². The van der Waals surface area contributed by atoms with Gasteiger partial charge in [0.1, 0.15) is 24.6 Å². The van der Waals surface area contributed by atoms with Crippen LogP contribution in [0.2, 0.25) is 0 Å². The number of carbonyl (C=O) groups is 1. The zero-order valence-corrected chi connectivity index (χ0v) is 14.0. The van der Waals surface area contributed by atoms with Crippen molar-refractivity contribution in [3.63, 3.8) is 0 Å². The Balaban J connectivity index is 1.94. The summed E-state index contributed by atoms with van der Waals surface area (Å²) >= 11 is 0. The topological polar surface area (TPSA) is 99.0 Å². The van der Waals surface area contributed by atoms with E-state index >= 15 is 0 Å². The molecule has 0 aliphatic carbocycles. The van der Waals surface area contributed by atoms with E-state index in [1.54, 1.807) is 30.3 Å². The molecule has 0 heterocycles. The van der Waals surface area contributed by atoms with Crippen LogP contribution in [0.1, 0.15) is 22.8 Å². The summed E-state index contributed by atoms with van der Waals surface area (Å²) in [6, 6.07) is 11.0. The van der Waals surface area contributed by atoms with Crippen LogP contribution in [-0.2, 0) is 17.5 Å². The summed E-state index contributed by atoms with van der Waals surface area (Å²) in [7, 11) is 0. The Morgan fingerprint density at radius 1 is 1.11 bits per heavy atom. The van der Waals surface area contributed by atoms with E-state index in [1.165, 1.54) is 0 Å². The van der Waals surface area contributed by atoms with Crippen LogP contribution in [0, 0.1) is 0 Å². The number of hydrogen-bond donors (Lipinski definition) is 4. The summed E-state index contributed by atoms with van der Waals surface area (Å²) < 4.78 is 44.0. The van der Waals surface area contributed by atoms with Crippen LogP contribution in [0.3, 0.4) is 0 Å². The number of halogens is 3. The zero-order chi connectivity index (χ0) is 20.0. The van der Waals surface area contributed by atoms with E-state index < -0.39 is 47.9 Å². The smallest absolute Gasteiger partial charge is 0.416 e. The number of rotatable bonds is 6. The van der Waals surface area contributed by atoms with E-state index in [2.05, 4.69) is 5.32 Å². The SMILES string of the molecule is O=C(NCC(O)C(O)c1ccc(O)cc1C(F)(F)F)OCc1ccccc1. The average molecular weight is 385 g/mol. The van der Waals surface area contributed by atoms with Crippen LogP contribution < -0.4 is 5.32 Å². The quantitative estimate of drug-likeness (QED) is 0.613. The third kappa shape index (κ3) is 5.87. The van der Waals surface area contributed by atoms with E-state index in [4.69, 9.17) is 4.74 Å². The van der Waals surface area contributed by atoms with E-state index in [1.807, 2.05) is 0 Å². The molecule has 6 nitrogen and oxygen atoms in total. The van der Waals surface area contributed by atoms with Gasteiger partial charge in [0.15, 0.2) is 0 Å². The van der Waals surface area contributed by atoms with Gasteiger partial charge in [-0.2, -0.15) is 13.2 Å². The molecule has 0 bridgehead atoms. The number of nitrogens with one attached hydrogen (secondary N) is 1. The van der Waals surface area contributed by atoms with Crippen LogP contribution in [-0.4, -0.2) is 34.1 Å². The molecule has 2 rings (SSSR count). The first kappa shape index (κ1) is 20.5. The van der Waals surface area contributed by atoms with Gasteiger partial charge < -0.3 is 25.4 Å². The van der Waals surface area contributed by atoms with Crippen molar-refractivity contribution in [2.45, 2.75) is 25.0 Å². The van der Waals surface area contributed by atoms with Gasteiger partial charge in [0.25, 0.3) is 0 Å². The number of amides is 1. The largest absolute Gasteiger partial charge is 0.508 e. The first-order valence-corrected chi connectivity index (χ1v) is 7.89. The molecule has 9 heteroatoms. The summed E-state index contributed by atoms with van der Waals surface area (Å²) in [5, 5.41) is 31.3. The highest BCUT2D eigenvalue weighted by Crippen LogP contribution is 2.37. The number of alkyl halides is 3. The van der Waals surface area contributed by atoms with Gasteiger partial charge >= 0.3 is 12.3 Å². The Morgan fingerprint density at radius 3 is 2.41 bits per heavy atom. The van der Waals surface area contributed by atoms with Crippen molar-refractivity contribution in [2.24, 2.45) is 0 Å². The summed E-state index contributed by atoms with van der Waals surface area (Å²) in [5.74, 6) is -0.629. The number of aliphatic hydroxyl groups excluding tert-OH is 2. The van der Waals surface area contributed by atoms with Crippen molar-refractivity contribution in [1.29, 1.82) is 0 Å². The molecule has 0 aromatic heterocycles. The van der Waals surface area contributed by atoms with Crippen LogP contribution in [0.15, 0.2) is 48.5 Å². The number of aromatic hydroxyl groups is 1. The molecule has 4 N–H and O–H groups in total. The molecule has 0 spiro atoms. The Kier molecular flexibility index (Phi) is 6.65. The minimum absolute atomic E-state index is 0.0263. The van der Waals surface area contributed by atoms with Crippen LogP contribution in [0.4, 0.5) is 18.0 Å². The lowest BCUT2D eigenvalue weighted by Crippen LogP contribution is -2.36. The van der Waals surface area contributed by atoms with E-state index in [0.29, 0.717) is 6.07 Å². The lowest BCUT2D eigenvalue weighted by molar-refractivity contribution is -0.140. The van der Waals surface area contributed by atoms with Crippen molar-refractivity contribution in [2.75, 3.05) is 6.54 Å². The minimum atomic E-state index is -4.84. The number of ether oxygens (including phenoxy) is 1. The van der Waals surface area contributed by atoms with Gasteiger partial charge in [-0.15, -0.1) is 0 Å². The first-order chi connectivity index (χ1) is 12.7. The van der Waals surface area contributed by atoms with Crippen LogP contribution in [0.25, 0.3) is 0 Å². The molecule has 0 saturated carbocycles. The molecule has 0 aliphatic heterocycles. The second-order valence-electron chi connectivity index (χ2n) is 5.72. The lowest BCUT2D eigenvalue weighted by atomic mass is 9.97. The van der Waals surface area contributed by atoms with Gasteiger partial charge in [-0.25, -0.2) is 4.79 Å². The van der Waals surface area contributed by atoms with Crippen molar-refractivity contribution >= 4 is 6.09 Å². The molecule has 2 aromatic rings. The molecule has 1 amide bonds. The maximum atomic E-state index is 13.0. The number of benzene rings is 2. The number of hydrogen-bond acceptors (Lipinski definition) is 5. The number of aliphatic hydroxyl groups is 2. The normalized spacial score (nSPS) is 13.7. The summed E-state index contributed by atoms with van der Waals surface area (Å²) in [4.78, 5) is 11.6. The van der Waals surface area contributed by atoms with E-state index in [-0.39, 0.29) is 6.61 Å². The minimum Gasteiger partial charge on any atom is -0.508 e. The van der Waals surface area contributed by atoms with Crippen molar-refractivity contribution in [3.05, 3.63) is 65.2 Å². The number of alkyl carbamates (subject to hydrolysis) is 1. The van der Waals surface area contributed by atoms with E-state index in [9.17, 15) is 33.3 Å². The van der Waals surface area contributed by atoms with Crippen molar-refractivity contribution in [1.82, 2.24) is 5.32 Å². The fraction of sp³-hybridized carbons (Fsp3) is 0.278. The molecular weight excluding hydrogens is 367 g/mol. The molecule has 2 unspecified atom stereocenters. The maximum Gasteiger partial charge on any atom is 0.416 e. The van der Waals surface area contributed by atoms with Crippen LogP contribution >= 0.6 is 0 Å². The first-order valence-electron chi connectivity index (χ1n) is 7.89. The molecule has 0 radical (unpaired) electrons. The highest BCUT2D eigenvalue weighted by Gasteiger charge is 2.36. The Bertz CT molecular complexity index is 767. The summed E-state index contributed by atoms with van der Waals surface area (Å²) in [6.45, 7) is -0.561. The molecule has 146 valence electrons. The highest BCUT2D eigenvalue weighted by atomic mass is 19.4. The molecule has 0 fully saturated rings. The fourth-order valence-corrected chi connectivity index (χ4v) is 2.33. The summed E-state index contributed by atoms with van der Waals surface area (Å²) in [5.41, 5.74) is -1.17. The van der Waals surface area contributed by atoms with Gasteiger partial charge in [-0.3, -0.25) is 0 Å². The average Bonchev–Trinajstić information content (AvgIpc) is 2.64. The standard InChI is InChI=1S/C18H18F3NO5/c19-18(20,21)14-8-12(23)6-7-13(14)16(25)15(24)9-22-17(26)27-10-11-4-2-1-3-5-11/h1-8,15-16,23-25H,9-10H2,(H,22,26). The lowest BCUT2D eigenvalue weighted by Gasteiger charge is -2.22. The zero-order valence-electron chi connectivity index (χ0n) is 14.0. The number of phenols is 1. The van der Waals surface area contributed by atoms with E-state index in [0.717, 1.165) is 17.7 Å². The van der Waals surface area contributed by atoms with Gasteiger partial charge in [-0.1, -0.05) is 36.4 Å². The molecular formula is C18H18F3NO5. The Hall–Kier alpha value is -2.78. The maximum absolute atomic E-state index is 13.0. The monoisotopic (exact) mass is 385 g/mol. The summed E-state index contributed by atoms with van der Waals surface area (Å²) in [6.07, 6.45) is -9.39. The molecule has 0 saturated heterocycles. The second kappa shape index (κ2) is 8.74. The number of carbonyl (C=O) groups excluding carboxylic acids is 1. The van der Waals surface area contributed by atoms with Crippen LogP contribution in [0.5, 0.6) is 5.75 Å². The third-order valence-corrected chi connectivity index (χ3v) is 3.69. The van der Waals surface area contributed by atoms with Gasteiger partial charge in [-0.05, 0) is 23.3 Å². The van der Waals surface area contributed by atoms with Crippen molar-refractivity contribution < 1.29 is 38.0 Å². The molecule has 2 atom stereocenters. The Morgan fingerprint density at radius 2 is 1.78 bits per heavy atom. The van der Waals surface area contributed by atoms with Crippen molar-refractivity contribution in [3.8, 4) is 5.75 Å². The molecule has 2 aromatic carbocycles. The molecule has 0 aliphatic rings. The third-order valence-electron chi connectivity index (χ3n) is 3.69. The fourth-order valence-electron chi connectivity index (χ4n) is 2.33. The van der Waals surface area contributed by atoms with Gasteiger partial charge in [0.05, 0.1) is 5.56 Å². The predicted octanol–water partition coefficient (Wildman–Crippen LogP) is 2.73. The van der Waals surface area contributed by atoms with Gasteiger partial charge in [0.2, 0.25) is 0 Å². The molecule has 27 heavy (non-hydrogen) atoms. The highest BCUT2D eigenvalue weighted by molar-refractivity contribution is 5.67. The predicted molar refractivity (Wildman–Crippen MR) is 88.7 cm³/mol. The number of phenolic OH excluding ortho intramolecular Hbond substituents is 1. The second-order valence-corrected chi connectivity index (χ2v) is 5.72. The Labute approximate surface area is 152 Å².